The number of benzene rings is 1. The number of carbonyl (C=O) groups excluding carboxylic acids is 1. The summed E-state index contributed by atoms with van der Waals surface area (Å²) in [5.74, 6) is 6.65. The van der Waals surface area contributed by atoms with Gasteiger partial charge < -0.3 is 15.4 Å². The quantitative estimate of drug-likeness (QED) is 0.255. The van der Waals surface area contributed by atoms with Crippen molar-refractivity contribution in [2.24, 2.45) is 0 Å². The number of aromatic nitrogens is 4. The minimum absolute atomic E-state index is 0.177. The zero-order valence-electron chi connectivity index (χ0n) is 20.8. The molecule has 0 radical (unpaired) electrons. The fourth-order valence-electron chi connectivity index (χ4n) is 3.66. The molecule has 36 heavy (non-hydrogen) atoms. The summed E-state index contributed by atoms with van der Waals surface area (Å²) in [5.41, 5.74) is 8.33. The lowest BCUT2D eigenvalue weighted by Gasteiger charge is -2.23. The van der Waals surface area contributed by atoms with Crippen molar-refractivity contribution in [1.82, 2.24) is 24.6 Å². The van der Waals surface area contributed by atoms with Crippen LogP contribution in [0.5, 0.6) is 5.75 Å². The van der Waals surface area contributed by atoms with E-state index < -0.39 is 0 Å². The highest BCUT2D eigenvalue weighted by molar-refractivity contribution is 5.98. The molecule has 2 heterocycles. The zero-order chi connectivity index (χ0) is 26.1. The SMILES string of the molecule is C=C/C=C\C(=C/C=C)Oc1ccc(-c2nn([C@@H](C)CN(CC)C(=O)C#CC)c3ncnc(N)c23)cc1. The highest BCUT2D eigenvalue weighted by Gasteiger charge is 2.22. The number of ether oxygens (including phenoxy) is 1. The van der Waals surface area contributed by atoms with Gasteiger partial charge in [-0.2, -0.15) is 5.10 Å². The van der Waals surface area contributed by atoms with E-state index in [1.807, 2.05) is 38.1 Å². The number of nitrogens with zero attached hydrogens (tertiary/aromatic N) is 5. The van der Waals surface area contributed by atoms with E-state index in [9.17, 15) is 4.79 Å². The minimum Gasteiger partial charge on any atom is -0.457 e. The molecule has 2 aromatic heterocycles. The topological polar surface area (TPSA) is 99.2 Å². The molecule has 0 saturated carbocycles. The first kappa shape index (κ1) is 26.0. The predicted molar refractivity (Wildman–Crippen MR) is 144 cm³/mol. The monoisotopic (exact) mass is 482 g/mol. The van der Waals surface area contributed by atoms with Crippen molar-refractivity contribution in [2.45, 2.75) is 26.8 Å². The molecular formula is C28H30N6O2. The van der Waals surface area contributed by atoms with Crippen LogP contribution in [0.2, 0.25) is 0 Å². The van der Waals surface area contributed by atoms with Crippen LogP contribution in [0.25, 0.3) is 22.3 Å². The highest BCUT2D eigenvalue weighted by Crippen LogP contribution is 2.32. The molecule has 1 amide bonds. The molecule has 1 aromatic carbocycles. The summed E-state index contributed by atoms with van der Waals surface area (Å²) in [6.45, 7) is 13.9. The van der Waals surface area contributed by atoms with Crippen LogP contribution in [-0.2, 0) is 4.79 Å². The molecule has 2 N–H and O–H groups in total. The summed E-state index contributed by atoms with van der Waals surface area (Å²) >= 11 is 0. The van der Waals surface area contributed by atoms with Crippen LogP contribution in [0.4, 0.5) is 5.82 Å². The van der Waals surface area contributed by atoms with Crippen molar-refractivity contribution in [3.8, 4) is 28.8 Å². The van der Waals surface area contributed by atoms with Gasteiger partial charge in [-0.15, -0.1) is 0 Å². The normalized spacial score (nSPS) is 12.1. The molecular weight excluding hydrogens is 452 g/mol. The summed E-state index contributed by atoms with van der Waals surface area (Å²) in [6.07, 6.45) is 10.1. The Bertz CT molecular complexity index is 1370. The van der Waals surface area contributed by atoms with Gasteiger partial charge in [-0.05, 0) is 63.1 Å². The smallest absolute Gasteiger partial charge is 0.298 e. The maximum Gasteiger partial charge on any atom is 0.298 e. The van der Waals surface area contributed by atoms with Crippen LogP contribution >= 0.6 is 0 Å². The number of anilines is 1. The number of hydrogen-bond acceptors (Lipinski definition) is 6. The molecule has 0 aliphatic carbocycles. The summed E-state index contributed by atoms with van der Waals surface area (Å²) in [7, 11) is 0. The molecule has 8 nitrogen and oxygen atoms in total. The van der Waals surface area contributed by atoms with Crippen molar-refractivity contribution in [3.63, 3.8) is 0 Å². The van der Waals surface area contributed by atoms with Gasteiger partial charge in [-0.25, -0.2) is 14.6 Å². The number of fused-ring (bicyclic) bond motifs is 1. The van der Waals surface area contributed by atoms with E-state index in [1.54, 1.807) is 46.9 Å². The van der Waals surface area contributed by atoms with Crippen LogP contribution in [0, 0.1) is 11.8 Å². The standard InChI is InChI=1S/C28H30N6O2/c1-6-10-13-22(11-7-2)36-23-16-14-21(15-17-23)26-25-27(29)30-19-31-28(25)34(32-26)20(5)18-33(9-4)24(35)12-8-3/h6-7,10-11,13-17,19-20H,1-2,9,18H2,3-5H3,(H2,29,30,31)/b13-10-,22-11+/t20-/m0/s1. The van der Waals surface area contributed by atoms with Gasteiger partial charge in [-0.3, -0.25) is 4.79 Å². The predicted octanol–water partition coefficient (Wildman–Crippen LogP) is 4.70. The molecule has 1 atom stereocenters. The van der Waals surface area contributed by atoms with E-state index in [0.717, 1.165) is 5.56 Å². The number of allylic oxidation sites excluding steroid dienone is 5. The number of nitrogens with two attached hydrogens (primary N) is 1. The lowest BCUT2D eigenvalue weighted by Crippen LogP contribution is -2.34. The number of nitrogen functional groups attached to an aromatic ring is 1. The van der Waals surface area contributed by atoms with Gasteiger partial charge in [0.1, 0.15) is 29.3 Å². The Labute approximate surface area is 211 Å². The van der Waals surface area contributed by atoms with Crippen molar-refractivity contribution in [1.29, 1.82) is 0 Å². The molecule has 3 aromatic rings. The van der Waals surface area contributed by atoms with Gasteiger partial charge in [0.05, 0.1) is 11.4 Å². The van der Waals surface area contributed by atoms with Gasteiger partial charge in [0.2, 0.25) is 0 Å². The van der Waals surface area contributed by atoms with E-state index in [4.69, 9.17) is 15.6 Å². The summed E-state index contributed by atoms with van der Waals surface area (Å²) in [5, 5.41) is 5.50. The third-order valence-electron chi connectivity index (χ3n) is 5.36. The van der Waals surface area contributed by atoms with Crippen LogP contribution < -0.4 is 10.5 Å². The first-order valence-corrected chi connectivity index (χ1v) is 11.5. The summed E-state index contributed by atoms with van der Waals surface area (Å²) in [6, 6.07) is 7.33. The zero-order valence-corrected chi connectivity index (χ0v) is 20.8. The minimum atomic E-state index is -0.221. The number of rotatable bonds is 10. The first-order valence-electron chi connectivity index (χ1n) is 11.5. The number of hydrogen-bond donors (Lipinski definition) is 1. The molecule has 0 unspecified atom stereocenters. The van der Waals surface area contributed by atoms with E-state index in [-0.39, 0.29) is 11.9 Å². The number of carbonyl (C=O) groups is 1. The van der Waals surface area contributed by atoms with Crippen molar-refractivity contribution >= 4 is 22.8 Å². The Kier molecular flexibility index (Phi) is 8.79. The lowest BCUT2D eigenvalue weighted by molar-refractivity contribution is -0.125. The number of amides is 1. The van der Waals surface area contributed by atoms with Gasteiger partial charge in [-0.1, -0.05) is 37.3 Å². The van der Waals surface area contributed by atoms with Gasteiger partial charge in [0.15, 0.2) is 5.65 Å². The van der Waals surface area contributed by atoms with Crippen molar-refractivity contribution < 1.29 is 9.53 Å². The van der Waals surface area contributed by atoms with E-state index in [0.29, 0.717) is 47.1 Å². The molecule has 8 heteroatoms. The van der Waals surface area contributed by atoms with Crippen LogP contribution in [-0.4, -0.2) is 43.6 Å². The van der Waals surface area contributed by atoms with Gasteiger partial charge in [0, 0.05) is 18.7 Å². The number of likely N-dealkylation sites (N-methyl/N-ethyl adjacent to an activating group) is 1. The third kappa shape index (κ3) is 5.88. The molecule has 3 rings (SSSR count). The van der Waals surface area contributed by atoms with Gasteiger partial charge in [0.25, 0.3) is 5.91 Å². The second-order valence-electron chi connectivity index (χ2n) is 7.84. The molecule has 0 aliphatic heterocycles. The molecule has 184 valence electrons. The molecule has 0 bridgehead atoms. The maximum absolute atomic E-state index is 12.3. The fraction of sp³-hybridized carbons (Fsp3) is 0.214. The second-order valence-corrected chi connectivity index (χ2v) is 7.84. The Morgan fingerprint density at radius 3 is 2.64 bits per heavy atom. The average molecular weight is 483 g/mol. The third-order valence-corrected chi connectivity index (χ3v) is 5.36. The van der Waals surface area contributed by atoms with E-state index in [2.05, 4.69) is 35.0 Å². The van der Waals surface area contributed by atoms with E-state index in [1.165, 1.54) is 6.33 Å². The molecule has 0 spiro atoms. The van der Waals surface area contributed by atoms with E-state index >= 15 is 0 Å². The average Bonchev–Trinajstić information content (AvgIpc) is 3.27. The van der Waals surface area contributed by atoms with Crippen molar-refractivity contribution in [2.75, 3.05) is 18.8 Å². The molecule has 0 fully saturated rings. The summed E-state index contributed by atoms with van der Waals surface area (Å²) < 4.78 is 7.72. The Balaban J connectivity index is 1.97. The largest absolute Gasteiger partial charge is 0.457 e. The van der Waals surface area contributed by atoms with Crippen LogP contribution in [0.15, 0.2) is 79.9 Å². The first-order chi connectivity index (χ1) is 17.4. The summed E-state index contributed by atoms with van der Waals surface area (Å²) in [4.78, 5) is 22.6. The Morgan fingerprint density at radius 1 is 1.25 bits per heavy atom. The Hall–Kier alpha value is -4.64. The van der Waals surface area contributed by atoms with Crippen LogP contribution in [0.3, 0.4) is 0 Å². The van der Waals surface area contributed by atoms with Gasteiger partial charge >= 0.3 is 0 Å². The Morgan fingerprint density at radius 2 is 2.00 bits per heavy atom. The lowest BCUT2D eigenvalue weighted by atomic mass is 10.1. The van der Waals surface area contributed by atoms with Crippen molar-refractivity contribution in [3.05, 3.63) is 79.9 Å². The maximum atomic E-state index is 12.3. The molecule has 0 aliphatic rings. The molecule has 0 saturated heterocycles. The fourth-order valence-corrected chi connectivity index (χ4v) is 3.66. The van der Waals surface area contributed by atoms with Crippen LogP contribution in [0.1, 0.15) is 26.8 Å². The second kappa shape index (κ2) is 12.2. The highest BCUT2D eigenvalue weighted by atomic mass is 16.5.